The molecule has 178 valence electrons. The van der Waals surface area contributed by atoms with E-state index in [2.05, 4.69) is 31.2 Å². The Balaban J connectivity index is 1.54. The first-order valence-corrected chi connectivity index (χ1v) is 11.8. The Labute approximate surface area is 209 Å². The lowest BCUT2D eigenvalue weighted by molar-refractivity contribution is -0.121. The van der Waals surface area contributed by atoms with Crippen LogP contribution in [0.15, 0.2) is 90.5 Å². The molecule has 6 nitrogen and oxygen atoms in total. The zero-order valence-corrected chi connectivity index (χ0v) is 20.0. The lowest BCUT2D eigenvalue weighted by Gasteiger charge is -2.22. The molecule has 0 spiro atoms. The summed E-state index contributed by atoms with van der Waals surface area (Å²) in [6.45, 7) is 3.73. The van der Waals surface area contributed by atoms with E-state index in [1.807, 2.05) is 24.3 Å². The van der Waals surface area contributed by atoms with Gasteiger partial charge in [-0.15, -0.1) is 0 Å². The highest BCUT2D eigenvalue weighted by atomic mass is 16.2. The van der Waals surface area contributed by atoms with E-state index < -0.39 is 23.6 Å². The fourth-order valence-electron chi connectivity index (χ4n) is 4.55. The summed E-state index contributed by atoms with van der Waals surface area (Å²) >= 11 is 0. The Morgan fingerprint density at radius 1 is 0.667 bits per heavy atom. The molecule has 3 aromatic rings. The van der Waals surface area contributed by atoms with E-state index >= 15 is 0 Å². The molecular formula is C30H24N2O4. The average Bonchev–Trinajstić information content (AvgIpc) is 3.35. The first-order chi connectivity index (χ1) is 17.4. The van der Waals surface area contributed by atoms with Crippen molar-refractivity contribution in [3.63, 3.8) is 0 Å². The number of benzene rings is 3. The molecule has 0 fully saturated rings. The fraction of sp³-hybridized carbons (Fsp3) is 0.133. The van der Waals surface area contributed by atoms with E-state index in [1.165, 1.54) is 23.8 Å². The van der Waals surface area contributed by atoms with Crippen LogP contribution in [-0.2, 0) is 25.6 Å². The van der Waals surface area contributed by atoms with Crippen molar-refractivity contribution in [3.05, 3.63) is 96.1 Å². The Morgan fingerprint density at radius 2 is 1.25 bits per heavy atom. The number of amides is 4. The molecule has 5 rings (SSSR count). The molecule has 4 amide bonds. The fourth-order valence-corrected chi connectivity index (χ4v) is 4.55. The molecule has 0 aliphatic carbocycles. The molecule has 0 bridgehead atoms. The van der Waals surface area contributed by atoms with Gasteiger partial charge in [-0.25, -0.2) is 9.80 Å². The Hall–Kier alpha value is -4.58. The SMILES string of the molecule is CCCc1ccc(-c2ccc(-c3ccc(N4C(=O)C=C(C)C4=O)cc3N3C(=O)C=CC3=O)cc2)cc1. The van der Waals surface area contributed by atoms with Gasteiger partial charge in [-0.1, -0.05) is 67.9 Å². The molecule has 2 aliphatic heterocycles. The molecule has 0 aromatic heterocycles. The van der Waals surface area contributed by atoms with Crippen molar-refractivity contribution >= 4 is 35.0 Å². The lowest BCUT2D eigenvalue weighted by Crippen LogP contribution is -2.32. The number of rotatable bonds is 6. The van der Waals surface area contributed by atoms with Crippen molar-refractivity contribution in [1.29, 1.82) is 0 Å². The van der Waals surface area contributed by atoms with Gasteiger partial charge in [0.25, 0.3) is 23.6 Å². The predicted octanol–water partition coefficient (Wildman–Crippen LogP) is 5.22. The summed E-state index contributed by atoms with van der Waals surface area (Å²) in [7, 11) is 0. The molecule has 0 radical (unpaired) electrons. The number of anilines is 2. The predicted molar refractivity (Wildman–Crippen MR) is 139 cm³/mol. The Bertz CT molecular complexity index is 1450. The molecule has 3 aromatic carbocycles. The quantitative estimate of drug-likeness (QED) is 0.457. The van der Waals surface area contributed by atoms with Gasteiger partial charge in [-0.3, -0.25) is 19.2 Å². The molecular weight excluding hydrogens is 452 g/mol. The van der Waals surface area contributed by atoms with Gasteiger partial charge >= 0.3 is 0 Å². The maximum absolute atomic E-state index is 12.6. The number of carbonyl (C=O) groups excluding carboxylic acids is 4. The topological polar surface area (TPSA) is 74.8 Å². The van der Waals surface area contributed by atoms with Gasteiger partial charge in [-0.05, 0) is 47.7 Å². The number of hydrogen-bond acceptors (Lipinski definition) is 4. The van der Waals surface area contributed by atoms with Gasteiger partial charge < -0.3 is 0 Å². The lowest BCUT2D eigenvalue weighted by atomic mass is 9.97. The molecule has 2 aliphatic rings. The largest absolute Gasteiger partial charge is 0.269 e. The summed E-state index contributed by atoms with van der Waals surface area (Å²) in [5.41, 5.74) is 5.82. The van der Waals surface area contributed by atoms with Crippen molar-refractivity contribution in [3.8, 4) is 22.3 Å². The van der Waals surface area contributed by atoms with Crippen LogP contribution < -0.4 is 9.80 Å². The highest BCUT2D eigenvalue weighted by molar-refractivity contribution is 6.32. The van der Waals surface area contributed by atoms with Crippen LogP contribution in [-0.4, -0.2) is 23.6 Å². The van der Waals surface area contributed by atoms with Crippen LogP contribution in [0.2, 0.25) is 0 Å². The number of nitrogens with zero attached hydrogens (tertiary/aromatic N) is 2. The van der Waals surface area contributed by atoms with E-state index in [0.29, 0.717) is 22.5 Å². The molecule has 6 heteroatoms. The minimum absolute atomic E-state index is 0.299. The molecule has 36 heavy (non-hydrogen) atoms. The van der Waals surface area contributed by atoms with Gasteiger partial charge in [0.05, 0.1) is 11.4 Å². The van der Waals surface area contributed by atoms with Gasteiger partial charge in [-0.2, -0.15) is 0 Å². The zero-order chi connectivity index (χ0) is 25.4. The average molecular weight is 477 g/mol. The van der Waals surface area contributed by atoms with Crippen LogP contribution in [0.5, 0.6) is 0 Å². The smallest absolute Gasteiger partial charge is 0.261 e. The van der Waals surface area contributed by atoms with Gasteiger partial charge in [0.1, 0.15) is 0 Å². The van der Waals surface area contributed by atoms with E-state index in [1.54, 1.807) is 25.1 Å². The van der Waals surface area contributed by atoms with Gasteiger partial charge in [0.2, 0.25) is 0 Å². The van der Waals surface area contributed by atoms with Crippen LogP contribution in [0, 0.1) is 0 Å². The molecule has 0 unspecified atom stereocenters. The number of carbonyl (C=O) groups is 4. The Kier molecular flexibility index (Phi) is 5.94. The summed E-state index contributed by atoms with van der Waals surface area (Å²) in [5, 5.41) is 0. The van der Waals surface area contributed by atoms with E-state index in [-0.39, 0.29) is 0 Å². The maximum atomic E-state index is 12.6. The van der Waals surface area contributed by atoms with E-state index in [0.717, 1.165) is 39.3 Å². The monoisotopic (exact) mass is 476 g/mol. The minimum Gasteiger partial charge on any atom is -0.269 e. The van der Waals surface area contributed by atoms with Crippen molar-refractivity contribution in [2.75, 3.05) is 9.80 Å². The summed E-state index contributed by atoms with van der Waals surface area (Å²) in [5.74, 6) is -1.83. The third-order valence-electron chi connectivity index (χ3n) is 6.41. The highest BCUT2D eigenvalue weighted by Crippen LogP contribution is 2.38. The summed E-state index contributed by atoms with van der Waals surface area (Å²) in [6.07, 6.45) is 5.84. The molecule has 2 heterocycles. The first kappa shape index (κ1) is 23.2. The minimum atomic E-state index is -0.476. The molecule has 0 saturated heterocycles. The second kappa shape index (κ2) is 9.23. The normalized spacial score (nSPS) is 15.3. The molecule has 0 atom stereocenters. The summed E-state index contributed by atoms with van der Waals surface area (Å²) in [6, 6.07) is 21.3. The molecule has 0 saturated carbocycles. The van der Waals surface area contributed by atoms with Crippen molar-refractivity contribution in [2.24, 2.45) is 0 Å². The van der Waals surface area contributed by atoms with E-state index in [9.17, 15) is 19.2 Å². The van der Waals surface area contributed by atoms with Crippen molar-refractivity contribution < 1.29 is 19.2 Å². The van der Waals surface area contributed by atoms with Crippen LogP contribution in [0.4, 0.5) is 11.4 Å². The summed E-state index contributed by atoms with van der Waals surface area (Å²) < 4.78 is 0. The number of imide groups is 2. The van der Waals surface area contributed by atoms with Gasteiger partial charge in [0, 0.05) is 29.4 Å². The number of aryl methyl sites for hydroxylation is 1. The third kappa shape index (κ3) is 4.07. The van der Waals surface area contributed by atoms with Crippen molar-refractivity contribution in [2.45, 2.75) is 26.7 Å². The number of hydrogen-bond donors (Lipinski definition) is 0. The highest BCUT2D eigenvalue weighted by Gasteiger charge is 2.33. The first-order valence-electron chi connectivity index (χ1n) is 11.8. The van der Waals surface area contributed by atoms with Crippen LogP contribution in [0.1, 0.15) is 25.8 Å². The van der Waals surface area contributed by atoms with Gasteiger partial charge in [0.15, 0.2) is 0 Å². The van der Waals surface area contributed by atoms with E-state index in [4.69, 9.17) is 0 Å². The second-order valence-electron chi connectivity index (χ2n) is 8.88. The van der Waals surface area contributed by atoms with Crippen LogP contribution in [0.3, 0.4) is 0 Å². The zero-order valence-electron chi connectivity index (χ0n) is 20.0. The Morgan fingerprint density at radius 3 is 1.81 bits per heavy atom. The van der Waals surface area contributed by atoms with Crippen LogP contribution in [0.25, 0.3) is 22.3 Å². The third-order valence-corrected chi connectivity index (χ3v) is 6.41. The van der Waals surface area contributed by atoms with Crippen molar-refractivity contribution in [1.82, 2.24) is 0 Å². The second-order valence-corrected chi connectivity index (χ2v) is 8.88. The maximum Gasteiger partial charge on any atom is 0.261 e. The molecule has 0 N–H and O–H groups in total. The standard InChI is InChI=1S/C30H24N2O4/c1-3-4-20-5-7-21(8-6-20)22-9-11-23(12-10-22)25-14-13-24(31-29(35)17-19(2)30(31)36)18-26(25)32-27(33)15-16-28(32)34/h5-18H,3-4H2,1-2H3. The van der Waals surface area contributed by atoms with Crippen LogP contribution >= 0.6 is 0 Å². The summed E-state index contributed by atoms with van der Waals surface area (Å²) in [4.78, 5) is 52.2.